The van der Waals surface area contributed by atoms with Crippen molar-refractivity contribution in [2.24, 2.45) is 0 Å². The molecule has 3 aromatic rings. The molecule has 2 heteroatoms. The largest absolute Gasteiger partial charge is 0.269 e. The van der Waals surface area contributed by atoms with E-state index in [1.165, 1.54) is 22.3 Å². The van der Waals surface area contributed by atoms with Crippen LogP contribution < -0.4 is 5.30 Å². The predicted molar refractivity (Wildman–Crippen MR) is 92.2 cm³/mol. The van der Waals surface area contributed by atoms with Gasteiger partial charge in [0.1, 0.15) is 0 Å². The Morgan fingerprint density at radius 1 is 0.636 bits per heavy atom. The van der Waals surface area contributed by atoms with E-state index in [9.17, 15) is 4.57 Å². The molecule has 3 aromatic carbocycles. The van der Waals surface area contributed by atoms with Crippen molar-refractivity contribution in [3.05, 3.63) is 101 Å². The molecular weight excluding hydrogens is 287 g/mol. The summed E-state index contributed by atoms with van der Waals surface area (Å²) in [5.74, 6) is 0. The summed E-state index contributed by atoms with van der Waals surface area (Å²) in [5, 5.41) is 0.886. The highest BCUT2D eigenvalue weighted by Crippen LogP contribution is 2.19. The summed E-state index contributed by atoms with van der Waals surface area (Å²) in [5.41, 5.74) is 4.94. The van der Waals surface area contributed by atoms with Crippen molar-refractivity contribution in [3.8, 4) is 0 Å². The van der Waals surface area contributed by atoms with E-state index < -0.39 is 0 Å². The zero-order valence-electron chi connectivity index (χ0n) is 12.3. The standard InChI is InChI=1S/C20H17OP/c21-22-20-13-7-12-18(14-16-8-3-1-4-9-16)19(20)15-17-10-5-2-6-11-17/h1-13H,14-15H2. The molecular formula is C20H17OP. The Kier molecular flexibility index (Phi) is 4.78. The Balaban J connectivity index is 1.97. The van der Waals surface area contributed by atoms with Crippen LogP contribution in [0.2, 0.25) is 0 Å². The van der Waals surface area contributed by atoms with Crippen molar-refractivity contribution >= 4 is 13.8 Å². The second kappa shape index (κ2) is 7.15. The number of hydrogen-bond acceptors (Lipinski definition) is 1. The second-order valence-corrected chi connectivity index (χ2v) is 6.00. The highest BCUT2D eigenvalue weighted by Gasteiger charge is 2.10. The molecule has 0 aliphatic carbocycles. The number of rotatable bonds is 5. The Morgan fingerprint density at radius 3 is 1.82 bits per heavy atom. The van der Waals surface area contributed by atoms with E-state index in [1.807, 2.05) is 36.4 Å². The fourth-order valence-electron chi connectivity index (χ4n) is 2.69. The highest BCUT2D eigenvalue weighted by molar-refractivity contribution is 7.34. The summed E-state index contributed by atoms with van der Waals surface area (Å²) in [6, 6.07) is 26.8. The summed E-state index contributed by atoms with van der Waals surface area (Å²) < 4.78 is 11.5. The summed E-state index contributed by atoms with van der Waals surface area (Å²) >= 11 is 0. The Bertz CT molecular complexity index is 751. The molecule has 0 N–H and O–H groups in total. The molecule has 0 heterocycles. The first-order valence-corrected chi connectivity index (χ1v) is 8.20. The van der Waals surface area contributed by atoms with Gasteiger partial charge in [-0.25, -0.2) is 0 Å². The molecule has 0 saturated carbocycles. The number of hydrogen-bond donors (Lipinski definition) is 0. The quantitative estimate of drug-likeness (QED) is 0.620. The monoisotopic (exact) mass is 304 g/mol. The lowest BCUT2D eigenvalue weighted by Gasteiger charge is -2.12. The molecule has 0 saturated heterocycles. The molecule has 0 bridgehead atoms. The predicted octanol–water partition coefficient (Wildman–Crippen LogP) is 4.79. The summed E-state index contributed by atoms with van der Waals surface area (Å²) in [7, 11) is 0.0885. The van der Waals surface area contributed by atoms with Crippen molar-refractivity contribution in [1.82, 2.24) is 0 Å². The van der Waals surface area contributed by atoms with Crippen molar-refractivity contribution in [2.45, 2.75) is 12.8 Å². The fourth-order valence-corrected chi connectivity index (χ4v) is 3.17. The zero-order chi connectivity index (χ0) is 15.2. The van der Waals surface area contributed by atoms with Crippen LogP contribution in [-0.2, 0) is 17.4 Å². The molecule has 0 aliphatic heterocycles. The molecule has 0 atom stereocenters. The minimum absolute atomic E-state index is 0.0885. The van der Waals surface area contributed by atoms with Gasteiger partial charge in [-0.1, -0.05) is 72.8 Å². The maximum Gasteiger partial charge on any atom is 0.192 e. The molecule has 0 radical (unpaired) electrons. The van der Waals surface area contributed by atoms with Crippen LogP contribution in [0.25, 0.3) is 0 Å². The zero-order valence-corrected chi connectivity index (χ0v) is 13.2. The van der Waals surface area contributed by atoms with Crippen LogP contribution in [0.3, 0.4) is 0 Å². The van der Waals surface area contributed by atoms with E-state index in [4.69, 9.17) is 0 Å². The lowest BCUT2D eigenvalue weighted by Crippen LogP contribution is -2.08. The van der Waals surface area contributed by atoms with Crippen LogP contribution in [0, 0.1) is 0 Å². The third-order valence-corrected chi connectivity index (χ3v) is 4.42. The third-order valence-electron chi connectivity index (χ3n) is 3.81. The summed E-state index contributed by atoms with van der Waals surface area (Å²) in [4.78, 5) is 0. The molecule has 108 valence electrons. The summed E-state index contributed by atoms with van der Waals surface area (Å²) in [6.07, 6.45) is 1.68. The first-order chi connectivity index (χ1) is 10.9. The van der Waals surface area contributed by atoms with Gasteiger partial charge in [-0.2, -0.15) is 0 Å². The first-order valence-electron chi connectivity index (χ1n) is 7.39. The molecule has 0 unspecified atom stereocenters. The molecule has 0 aromatic heterocycles. The first kappa shape index (κ1) is 14.7. The van der Waals surface area contributed by atoms with Gasteiger partial charge in [-0.15, -0.1) is 0 Å². The maximum atomic E-state index is 11.5. The third kappa shape index (κ3) is 3.50. The molecule has 22 heavy (non-hydrogen) atoms. The van der Waals surface area contributed by atoms with Crippen molar-refractivity contribution < 1.29 is 4.57 Å². The maximum absolute atomic E-state index is 11.5. The van der Waals surface area contributed by atoms with Gasteiger partial charge in [-0.05, 0) is 41.2 Å². The highest BCUT2D eigenvalue weighted by atomic mass is 31.1. The average molecular weight is 304 g/mol. The number of benzene rings is 3. The van der Waals surface area contributed by atoms with Gasteiger partial charge in [0, 0.05) is 5.30 Å². The van der Waals surface area contributed by atoms with Gasteiger partial charge in [0.15, 0.2) is 8.46 Å². The van der Waals surface area contributed by atoms with Gasteiger partial charge in [-0.3, -0.25) is 4.57 Å². The van der Waals surface area contributed by atoms with Crippen LogP contribution in [-0.4, -0.2) is 0 Å². The van der Waals surface area contributed by atoms with Crippen molar-refractivity contribution in [1.29, 1.82) is 0 Å². The van der Waals surface area contributed by atoms with Gasteiger partial charge in [0.2, 0.25) is 0 Å². The Labute approximate surface area is 132 Å². The van der Waals surface area contributed by atoms with E-state index in [0.29, 0.717) is 0 Å². The molecule has 0 fully saturated rings. The normalized spacial score (nSPS) is 10.7. The van der Waals surface area contributed by atoms with Crippen LogP contribution in [0.5, 0.6) is 0 Å². The van der Waals surface area contributed by atoms with E-state index in [-0.39, 0.29) is 8.46 Å². The van der Waals surface area contributed by atoms with Crippen LogP contribution in [0.15, 0.2) is 78.9 Å². The molecule has 1 nitrogen and oxygen atoms in total. The fraction of sp³-hybridized carbons (Fsp3) is 0.100. The van der Waals surface area contributed by atoms with E-state index >= 15 is 0 Å². The van der Waals surface area contributed by atoms with Crippen LogP contribution >= 0.6 is 8.46 Å². The Hall–Kier alpha value is -2.24. The topological polar surface area (TPSA) is 17.1 Å². The van der Waals surface area contributed by atoms with E-state index in [1.54, 1.807) is 0 Å². The minimum atomic E-state index is 0.0885. The summed E-state index contributed by atoms with van der Waals surface area (Å²) in [6.45, 7) is 0. The van der Waals surface area contributed by atoms with Crippen LogP contribution in [0.1, 0.15) is 22.3 Å². The average Bonchev–Trinajstić information content (AvgIpc) is 2.58. The SMILES string of the molecule is O=Pc1cccc(Cc2ccccc2)c1Cc1ccccc1. The van der Waals surface area contributed by atoms with E-state index in [0.717, 1.165) is 18.1 Å². The Morgan fingerprint density at radius 2 is 1.23 bits per heavy atom. The van der Waals surface area contributed by atoms with Gasteiger partial charge >= 0.3 is 0 Å². The molecule has 0 amide bonds. The minimum Gasteiger partial charge on any atom is -0.269 e. The molecule has 0 spiro atoms. The van der Waals surface area contributed by atoms with Crippen molar-refractivity contribution in [3.63, 3.8) is 0 Å². The second-order valence-electron chi connectivity index (χ2n) is 5.33. The van der Waals surface area contributed by atoms with Gasteiger partial charge in [0.25, 0.3) is 0 Å². The van der Waals surface area contributed by atoms with Crippen LogP contribution in [0.4, 0.5) is 0 Å². The molecule has 0 aliphatic rings. The lowest BCUT2D eigenvalue weighted by molar-refractivity contribution is 0.603. The van der Waals surface area contributed by atoms with Gasteiger partial charge < -0.3 is 0 Å². The molecule has 3 rings (SSSR count). The van der Waals surface area contributed by atoms with Crippen molar-refractivity contribution in [2.75, 3.05) is 0 Å². The van der Waals surface area contributed by atoms with Gasteiger partial charge in [0.05, 0.1) is 0 Å². The lowest BCUT2D eigenvalue weighted by atomic mass is 9.95. The smallest absolute Gasteiger partial charge is 0.192 e. The van der Waals surface area contributed by atoms with E-state index in [2.05, 4.69) is 42.5 Å².